The number of hydrogen-bond donors (Lipinski definition) is 3. The van der Waals surface area contributed by atoms with Crippen molar-refractivity contribution in [2.24, 2.45) is 11.1 Å². The van der Waals surface area contributed by atoms with Crippen LogP contribution in [0.2, 0.25) is 0 Å². The maximum absolute atomic E-state index is 12.9. The molecule has 1 fully saturated rings. The molecule has 3 atom stereocenters. The van der Waals surface area contributed by atoms with E-state index in [2.05, 4.69) is 17.2 Å². The quantitative estimate of drug-likeness (QED) is 0.366. The number of amides is 3. The number of hydrogen-bond acceptors (Lipinski definition) is 5. The van der Waals surface area contributed by atoms with Crippen LogP contribution in [-0.2, 0) is 19.2 Å². The van der Waals surface area contributed by atoms with Gasteiger partial charge >= 0.3 is 0 Å². The van der Waals surface area contributed by atoms with Crippen LogP contribution in [0.3, 0.4) is 0 Å². The number of nitrogens with two attached hydrogens (primary N) is 1. The van der Waals surface area contributed by atoms with Crippen molar-refractivity contribution in [3.63, 3.8) is 0 Å². The predicted molar refractivity (Wildman–Crippen MR) is 112 cm³/mol. The monoisotopic (exact) mass is 408 g/mol. The molecule has 164 valence electrons. The molecule has 0 radical (unpaired) electrons. The highest BCUT2D eigenvalue weighted by atomic mass is 16.2. The summed E-state index contributed by atoms with van der Waals surface area (Å²) in [5.41, 5.74) is 5.67. The number of carbonyl (C=O) groups excluding carboxylic acids is 4. The third-order valence-corrected chi connectivity index (χ3v) is 5.15. The fourth-order valence-electron chi connectivity index (χ4n) is 3.21. The van der Waals surface area contributed by atoms with Gasteiger partial charge in [-0.15, -0.1) is 6.58 Å². The van der Waals surface area contributed by atoms with E-state index < -0.39 is 41.1 Å². The smallest absolute Gasteiger partial charge is 0.289 e. The lowest BCUT2D eigenvalue weighted by Crippen LogP contribution is -2.57. The molecule has 3 amide bonds. The third kappa shape index (κ3) is 6.96. The van der Waals surface area contributed by atoms with Crippen molar-refractivity contribution in [1.29, 1.82) is 0 Å². The van der Waals surface area contributed by atoms with E-state index in [4.69, 9.17) is 5.73 Å². The van der Waals surface area contributed by atoms with Crippen LogP contribution < -0.4 is 16.4 Å². The van der Waals surface area contributed by atoms with E-state index in [1.54, 1.807) is 0 Å². The van der Waals surface area contributed by atoms with Gasteiger partial charge in [0.05, 0.1) is 12.1 Å². The van der Waals surface area contributed by atoms with Crippen LogP contribution in [0.15, 0.2) is 12.7 Å². The largest absolute Gasteiger partial charge is 0.346 e. The number of likely N-dealkylation sites (tertiary alicyclic amines) is 1. The van der Waals surface area contributed by atoms with E-state index in [1.807, 2.05) is 27.7 Å². The molecule has 1 aliphatic rings. The molecule has 1 saturated heterocycles. The second-order valence-corrected chi connectivity index (χ2v) is 8.60. The number of nitrogens with zero attached hydrogens (tertiary/aromatic N) is 1. The lowest BCUT2D eigenvalue weighted by molar-refractivity contribution is -0.143. The summed E-state index contributed by atoms with van der Waals surface area (Å²) in [4.78, 5) is 51.8. The molecule has 1 heterocycles. The molecule has 1 unspecified atom stereocenters. The number of nitrogens with one attached hydrogen (secondary N) is 2. The number of rotatable bonds is 10. The summed E-state index contributed by atoms with van der Waals surface area (Å²) >= 11 is 0. The highest BCUT2D eigenvalue weighted by molar-refractivity contribution is 6.38. The van der Waals surface area contributed by atoms with Gasteiger partial charge in [0.15, 0.2) is 0 Å². The average molecular weight is 409 g/mol. The van der Waals surface area contributed by atoms with Gasteiger partial charge in [0, 0.05) is 13.1 Å². The zero-order chi connectivity index (χ0) is 22.2. The zero-order valence-corrected chi connectivity index (χ0v) is 18.1. The Hall–Kier alpha value is -2.22. The van der Waals surface area contributed by atoms with Gasteiger partial charge in [0.25, 0.3) is 5.91 Å². The number of ketones is 1. The Morgan fingerprint density at radius 1 is 1.28 bits per heavy atom. The second-order valence-electron chi connectivity index (χ2n) is 8.60. The van der Waals surface area contributed by atoms with Crippen LogP contribution in [-0.4, -0.2) is 59.6 Å². The third-order valence-electron chi connectivity index (χ3n) is 5.15. The molecule has 1 rings (SSSR count). The Balaban J connectivity index is 2.89. The van der Waals surface area contributed by atoms with Crippen molar-refractivity contribution in [1.82, 2.24) is 15.5 Å². The van der Waals surface area contributed by atoms with Crippen LogP contribution in [0, 0.1) is 5.41 Å². The summed E-state index contributed by atoms with van der Waals surface area (Å²) in [6.07, 6.45) is 4.55. The van der Waals surface area contributed by atoms with Crippen molar-refractivity contribution in [3.8, 4) is 0 Å². The SMILES string of the molecule is C=CCNC(=O)C(=O)C(CCCC)NC(=O)[C@@H]1CCCN1C(=O)[C@@H](N)C(C)(C)C. The topological polar surface area (TPSA) is 122 Å². The maximum atomic E-state index is 12.9. The van der Waals surface area contributed by atoms with E-state index in [9.17, 15) is 19.2 Å². The molecule has 0 aromatic rings. The fraction of sp³-hybridized carbons (Fsp3) is 0.714. The zero-order valence-electron chi connectivity index (χ0n) is 18.1. The molecular weight excluding hydrogens is 372 g/mol. The van der Waals surface area contributed by atoms with Gasteiger partial charge in [0.1, 0.15) is 6.04 Å². The van der Waals surface area contributed by atoms with Crippen molar-refractivity contribution in [2.45, 2.75) is 77.9 Å². The van der Waals surface area contributed by atoms with Gasteiger partial charge in [-0.2, -0.15) is 0 Å². The first-order valence-corrected chi connectivity index (χ1v) is 10.3. The van der Waals surface area contributed by atoms with Crippen LogP contribution in [0.1, 0.15) is 59.8 Å². The van der Waals surface area contributed by atoms with E-state index >= 15 is 0 Å². The minimum Gasteiger partial charge on any atom is -0.346 e. The van der Waals surface area contributed by atoms with E-state index in [0.29, 0.717) is 32.2 Å². The number of unbranched alkanes of at least 4 members (excludes halogenated alkanes) is 1. The van der Waals surface area contributed by atoms with Crippen molar-refractivity contribution < 1.29 is 19.2 Å². The van der Waals surface area contributed by atoms with Crippen LogP contribution in [0.5, 0.6) is 0 Å². The molecule has 8 heteroatoms. The molecule has 1 aliphatic heterocycles. The summed E-state index contributed by atoms with van der Waals surface area (Å²) in [5.74, 6) is -2.12. The lowest BCUT2D eigenvalue weighted by Gasteiger charge is -2.33. The van der Waals surface area contributed by atoms with Crippen LogP contribution in [0.25, 0.3) is 0 Å². The Morgan fingerprint density at radius 2 is 1.93 bits per heavy atom. The number of carbonyl (C=O) groups is 4. The minimum absolute atomic E-state index is 0.175. The lowest BCUT2D eigenvalue weighted by atomic mass is 9.86. The van der Waals surface area contributed by atoms with Gasteiger partial charge in [-0.05, 0) is 24.7 Å². The highest BCUT2D eigenvalue weighted by Gasteiger charge is 2.40. The first-order chi connectivity index (χ1) is 13.5. The van der Waals surface area contributed by atoms with E-state index in [-0.39, 0.29) is 12.5 Å². The molecule has 29 heavy (non-hydrogen) atoms. The first kappa shape index (κ1) is 24.8. The molecule has 4 N–H and O–H groups in total. The Morgan fingerprint density at radius 3 is 2.48 bits per heavy atom. The second kappa shape index (κ2) is 11.1. The van der Waals surface area contributed by atoms with Crippen molar-refractivity contribution in [2.75, 3.05) is 13.1 Å². The molecule has 0 aliphatic carbocycles. The predicted octanol–water partition coefficient (Wildman–Crippen LogP) is 0.897. The summed E-state index contributed by atoms with van der Waals surface area (Å²) in [7, 11) is 0. The highest BCUT2D eigenvalue weighted by Crippen LogP contribution is 2.24. The first-order valence-electron chi connectivity index (χ1n) is 10.3. The molecule has 0 bridgehead atoms. The molecule has 0 aromatic heterocycles. The van der Waals surface area contributed by atoms with Crippen LogP contribution in [0.4, 0.5) is 0 Å². The number of Topliss-reactive ketones (excluding diaryl/α,β-unsaturated/α-hetero) is 1. The Bertz CT molecular complexity index is 627. The Labute approximate surface area is 173 Å². The van der Waals surface area contributed by atoms with Gasteiger partial charge in [-0.25, -0.2) is 0 Å². The molecule has 0 aromatic carbocycles. The van der Waals surface area contributed by atoms with E-state index in [0.717, 1.165) is 6.42 Å². The fourth-order valence-corrected chi connectivity index (χ4v) is 3.21. The molecule has 8 nitrogen and oxygen atoms in total. The van der Waals surface area contributed by atoms with Gasteiger partial charge in [-0.3, -0.25) is 19.2 Å². The summed E-state index contributed by atoms with van der Waals surface area (Å²) in [6, 6.07) is -2.32. The average Bonchev–Trinajstić information content (AvgIpc) is 3.16. The van der Waals surface area contributed by atoms with Gasteiger partial charge in [-0.1, -0.05) is 46.6 Å². The normalized spacial score (nSPS) is 18.7. The van der Waals surface area contributed by atoms with Gasteiger partial charge in [0.2, 0.25) is 17.6 Å². The van der Waals surface area contributed by atoms with Crippen molar-refractivity contribution in [3.05, 3.63) is 12.7 Å². The standard InChI is InChI=1S/C21H36N4O4/c1-6-8-10-14(16(26)19(28)23-12-7-2)24-18(27)15-11-9-13-25(15)20(29)17(22)21(3,4)5/h7,14-15,17H,2,6,8-13,22H2,1,3-5H3,(H,23,28)(H,24,27)/t14?,15-,17+/m0/s1. The van der Waals surface area contributed by atoms with Crippen molar-refractivity contribution >= 4 is 23.5 Å². The molecule has 0 spiro atoms. The minimum atomic E-state index is -0.916. The van der Waals surface area contributed by atoms with Crippen LogP contribution >= 0.6 is 0 Å². The van der Waals surface area contributed by atoms with Gasteiger partial charge < -0.3 is 21.3 Å². The van der Waals surface area contributed by atoms with E-state index in [1.165, 1.54) is 11.0 Å². The summed E-state index contributed by atoms with van der Waals surface area (Å²) < 4.78 is 0. The Kier molecular flexibility index (Phi) is 9.49. The maximum Gasteiger partial charge on any atom is 0.289 e. The summed E-state index contributed by atoms with van der Waals surface area (Å²) in [6.45, 7) is 11.7. The summed E-state index contributed by atoms with van der Waals surface area (Å²) in [5, 5.41) is 5.16. The molecule has 0 saturated carbocycles. The molecular formula is C21H36N4O4.